The van der Waals surface area contributed by atoms with E-state index in [1.807, 2.05) is 162 Å². The molecule has 8 heterocycles. The number of alkyl carbamates (subject to hydrolysis) is 4. The molecule has 6 fully saturated rings. The minimum absolute atomic E-state index is 0. The van der Waals surface area contributed by atoms with E-state index in [4.69, 9.17) is 63.4 Å². The third kappa shape index (κ3) is 49.1. The SMILES string of the molecule is C.C.C.C.CC(C)(C)OC(=O)NC1CC(OS(C)(=O)=O)C1.CC(C)(C)OC(=O)NC1CC(n2ccc(C=O)n2)C1.CC(C)(C)OC(=O)NC1CC(n2ccc(C=O)n2)C1.CC(C)(C)OC(=O)NC1CC(n2ccc(CO)n2)C1.CCOC(C)=O.CO.CSF.Cl.NC1CC(n2ccc(CO)n2)C1.O=C(NC1CC(n2ccc(CO)n2)C1)c1cc(-c2ccccc2)on1.O=C(O)c1cc(-c2ccccc2)on1.O=Cc1ccn[nH]1. The molecule has 0 aliphatic heterocycles. The summed E-state index contributed by atoms with van der Waals surface area (Å²) in [5.74, 6) is -0.493. The summed E-state index contributed by atoms with van der Waals surface area (Å²) >= 11 is 0.250. The van der Waals surface area contributed by atoms with Gasteiger partial charge in [-0.25, -0.2) is 24.0 Å². The van der Waals surface area contributed by atoms with Crippen molar-refractivity contribution in [3.05, 3.63) is 192 Å². The van der Waals surface area contributed by atoms with Gasteiger partial charge in [0, 0.05) is 129 Å². The number of rotatable bonds is 23. The number of aliphatic hydroxyl groups excluding tert-OH is 4. The molecule has 6 saturated carbocycles. The summed E-state index contributed by atoms with van der Waals surface area (Å²) in [6, 6.07) is 34.4. The Morgan fingerprint density at radius 3 is 1.03 bits per heavy atom. The predicted molar refractivity (Wildman–Crippen MR) is 556 cm³/mol. The van der Waals surface area contributed by atoms with Crippen LogP contribution in [0.15, 0.2) is 155 Å². The third-order valence-corrected chi connectivity index (χ3v) is 21.3. The molecule has 16 rings (SSSR count). The van der Waals surface area contributed by atoms with E-state index in [1.54, 1.807) is 85.9 Å². The number of halogens is 2. The number of nitrogens with one attached hydrogen (secondary N) is 6. The Labute approximate surface area is 874 Å². The minimum atomic E-state index is -3.41. The van der Waals surface area contributed by atoms with Gasteiger partial charge in [0.2, 0.25) is 0 Å². The number of ether oxygens (including phenoxy) is 5. The summed E-state index contributed by atoms with van der Waals surface area (Å²) < 4.78 is 80.9. The van der Waals surface area contributed by atoms with Crippen molar-refractivity contribution >= 4 is 95.8 Å². The highest BCUT2D eigenvalue weighted by Crippen LogP contribution is 2.37. The second kappa shape index (κ2) is 64.9. The molecule has 2 aromatic carbocycles. The normalized spacial score (nSPS) is 19.0. The van der Waals surface area contributed by atoms with Crippen LogP contribution in [0.4, 0.5) is 23.1 Å². The summed E-state index contributed by atoms with van der Waals surface area (Å²) in [5.41, 5.74) is 9.04. The van der Waals surface area contributed by atoms with Gasteiger partial charge in [-0.2, -0.15) is 42.9 Å². The zero-order valence-corrected chi connectivity index (χ0v) is 86.2. The molecule has 0 spiro atoms. The number of esters is 1. The number of aromatic amines is 1. The number of nitrogens with zero attached hydrogens (tertiary/aromatic N) is 13. The van der Waals surface area contributed by atoms with Crippen molar-refractivity contribution in [2.75, 3.05) is 26.2 Å². The van der Waals surface area contributed by atoms with Gasteiger partial charge in [0.05, 0.1) is 91.8 Å². The highest BCUT2D eigenvalue weighted by molar-refractivity contribution is 7.93. The van der Waals surface area contributed by atoms with Crippen molar-refractivity contribution in [2.45, 2.75) is 318 Å². The number of benzene rings is 2. The predicted octanol–water partition coefficient (Wildman–Crippen LogP) is 15.3. The van der Waals surface area contributed by atoms with Crippen molar-refractivity contribution in [2.24, 2.45) is 5.73 Å². The van der Waals surface area contributed by atoms with E-state index in [-0.39, 0.29) is 170 Å². The van der Waals surface area contributed by atoms with Crippen molar-refractivity contribution in [1.29, 1.82) is 0 Å². The maximum Gasteiger partial charge on any atom is 0.407 e. The van der Waals surface area contributed by atoms with Gasteiger partial charge in [-0.3, -0.25) is 56.7 Å². The smallest absolute Gasteiger partial charge is 0.407 e. The van der Waals surface area contributed by atoms with Gasteiger partial charge in [0.1, 0.15) is 33.8 Å². The van der Waals surface area contributed by atoms with E-state index in [2.05, 4.69) is 77.3 Å². The van der Waals surface area contributed by atoms with Gasteiger partial charge in [0.15, 0.2) is 41.8 Å². The van der Waals surface area contributed by atoms with Crippen LogP contribution in [0.1, 0.15) is 303 Å². The van der Waals surface area contributed by atoms with Crippen LogP contribution >= 0.6 is 24.6 Å². The second-order valence-corrected chi connectivity index (χ2v) is 39.1. The fourth-order valence-corrected chi connectivity index (χ4v) is 14.4. The lowest BCUT2D eigenvalue weighted by Crippen LogP contribution is -2.49. The van der Waals surface area contributed by atoms with Gasteiger partial charge < -0.3 is 90.6 Å². The molecule has 8 aromatic heterocycles. The third-order valence-electron chi connectivity index (χ3n) is 20.7. The number of carboxylic acids is 1. The maximum absolute atomic E-state index is 12.3. The Morgan fingerprint density at radius 1 is 0.486 bits per heavy atom. The number of aromatic nitrogens is 14. The Hall–Kier alpha value is -13.1. The molecule has 6 aliphatic rings. The number of hydrogen-bond acceptors (Lipinski definition) is 34. The molecular formula is C99H152ClFN20O25S2. The van der Waals surface area contributed by atoms with E-state index >= 15 is 0 Å². The number of carbonyl (C=O) groups excluding carboxylic acids is 9. The van der Waals surface area contributed by atoms with Crippen molar-refractivity contribution in [3.63, 3.8) is 0 Å². The first-order valence-electron chi connectivity index (χ1n) is 45.9. The number of carboxylic acid groups (broad SMARTS) is 1. The molecule has 0 bridgehead atoms. The number of aldehydes is 3. The zero-order valence-electron chi connectivity index (χ0n) is 83.7. The lowest BCUT2D eigenvalue weighted by Gasteiger charge is -2.36. The molecular weight excluding hydrogens is 1990 g/mol. The summed E-state index contributed by atoms with van der Waals surface area (Å²) in [4.78, 5) is 110. The van der Waals surface area contributed by atoms with Gasteiger partial charge in [-0.1, -0.05) is 101 Å². The highest BCUT2D eigenvalue weighted by Gasteiger charge is 2.39. The van der Waals surface area contributed by atoms with E-state index in [0.29, 0.717) is 83.9 Å². The maximum atomic E-state index is 12.3. The molecule has 45 nitrogen and oxygen atoms in total. The van der Waals surface area contributed by atoms with Gasteiger partial charge >= 0.3 is 36.3 Å². The van der Waals surface area contributed by atoms with Crippen LogP contribution in [0, 0.1) is 0 Å². The first-order valence-corrected chi connectivity index (χ1v) is 48.8. The average Bonchev–Trinajstić information content (AvgIpc) is 1.65. The summed E-state index contributed by atoms with van der Waals surface area (Å²) in [6.45, 7) is 25.4. The van der Waals surface area contributed by atoms with Crippen LogP contribution < -0.4 is 32.3 Å². The van der Waals surface area contributed by atoms with E-state index < -0.39 is 44.6 Å². The number of aliphatic hydroxyl groups is 4. The summed E-state index contributed by atoms with van der Waals surface area (Å²) in [7, 11) is -2.41. The first-order chi connectivity index (χ1) is 67.6. The number of hydrogen-bond donors (Lipinski definition) is 12. The van der Waals surface area contributed by atoms with Crippen LogP contribution in [0.5, 0.6) is 0 Å². The standard InChI is InChI=1S/C18H18N4O3.C13H21N3O3.2C13H19N3O3.C10H19NO5S.C10H7NO3.C8H13N3O.C4H4N2O.C4H8O2.CH3FS.CH4O.4CH4.ClH/c23-11-13-6-7-22(20-13)15-8-14(9-15)19-18(24)16-10-17(25-21-16)12-4-2-1-3-5-12;3*1-13(2,3)19-12(18)14-10-6-11(7-10)16-5-4-9(8-17)15-16;1-10(2,3)15-9(12)11-7-5-8(6-7)16-17(4,13)14;12-10(13)8-6-9(14-11-8)7-4-2-1-3-5-7;9-6-3-8(4-6)11-2-1-7(5-12)10-11;7-3-4-1-2-5-6-4;1-3-6-4(2)5;1-3-2;1-2;;;;;/h1-7,10,14-15,23H,8-9,11H2,(H,19,24);4-5,10-11,17H,6-8H2,1-3H3,(H,14,18);2*4-5,8,10-11H,6-7H2,1-3H3,(H,14,18);7-8H,5-6H2,1-4H3,(H,11,12);1-6H,(H,12,13);1-2,6,8,12H,3-5,9H2;1-3H,(H,5,6);3H2,1-2H3;1H3;2H,1H3;4*1H4;1H. The highest BCUT2D eigenvalue weighted by atomic mass is 35.5. The molecule has 5 amide bonds. The van der Waals surface area contributed by atoms with Crippen LogP contribution in [0.3, 0.4) is 0 Å². The van der Waals surface area contributed by atoms with Crippen LogP contribution in [0.2, 0.25) is 0 Å². The monoisotopic (exact) mass is 2140 g/mol. The van der Waals surface area contributed by atoms with Crippen molar-refractivity contribution < 1.29 is 123 Å². The fourth-order valence-electron chi connectivity index (χ4n) is 13.7. The second-order valence-electron chi connectivity index (χ2n) is 37.2. The summed E-state index contributed by atoms with van der Waals surface area (Å²) in [6.07, 6.45) is 22.9. The fraction of sp³-hybridized carbons (Fsp3) is 0.535. The molecule has 148 heavy (non-hydrogen) atoms. The quantitative estimate of drug-likeness (QED) is 0.0122. The van der Waals surface area contributed by atoms with Gasteiger partial charge in [-0.15, -0.1) is 12.4 Å². The topological polar surface area (TPSA) is 617 Å². The number of H-pyrrole nitrogens is 1. The molecule has 0 saturated heterocycles. The van der Waals surface area contributed by atoms with Gasteiger partial charge in [0.25, 0.3) is 16.0 Å². The molecule has 13 N–H and O–H groups in total. The Balaban J connectivity index is 0.000000840. The molecule has 6 aliphatic carbocycles. The van der Waals surface area contributed by atoms with Crippen LogP contribution in [0.25, 0.3) is 22.6 Å². The molecule has 0 unspecified atom stereocenters. The molecule has 0 atom stereocenters. The number of amides is 5. The van der Waals surface area contributed by atoms with Crippen molar-refractivity contribution in [3.8, 4) is 22.6 Å². The van der Waals surface area contributed by atoms with E-state index in [1.165, 1.54) is 25.4 Å². The minimum Gasteiger partial charge on any atom is -0.476 e. The molecule has 49 heteroatoms. The first kappa shape index (κ1) is 133. The number of nitrogens with two attached hydrogens (primary N) is 1. The molecule has 0 radical (unpaired) electrons. The largest absolute Gasteiger partial charge is 0.476 e. The van der Waals surface area contributed by atoms with Crippen LogP contribution in [-0.4, -0.2) is 255 Å². The lowest BCUT2D eigenvalue weighted by molar-refractivity contribution is -0.140. The van der Waals surface area contributed by atoms with E-state index in [9.17, 15) is 60.2 Å². The Kier molecular flexibility index (Phi) is 58.3. The average molecular weight is 2140 g/mol. The Morgan fingerprint density at radius 2 is 0.791 bits per heavy atom. The molecule has 824 valence electrons. The summed E-state index contributed by atoms with van der Waals surface area (Å²) in [5, 5.41) is 90.8. The van der Waals surface area contributed by atoms with E-state index in [0.717, 1.165) is 107 Å². The molecule has 10 aromatic rings. The van der Waals surface area contributed by atoms with Crippen LogP contribution in [-0.2, 0) is 62.6 Å². The number of carbonyl (C=O) groups is 10. The van der Waals surface area contributed by atoms with Crippen molar-refractivity contribution in [1.82, 2.24) is 96.0 Å². The number of aromatic carboxylic acids is 1. The lowest BCUT2D eigenvalue weighted by atomic mass is 9.87. The Bertz CT molecular complexity index is 5550. The van der Waals surface area contributed by atoms with Gasteiger partial charge in [-0.05, 0) is 203 Å². The zero-order chi connectivity index (χ0) is 106.